The van der Waals surface area contributed by atoms with Crippen LogP contribution in [0.2, 0.25) is 0 Å². The first kappa shape index (κ1) is 12.1. The molecule has 0 fully saturated rings. The average Bonchev–Trinajstić information content (AvgIpc) is 2.28. The molecule has 1 aliphatic heterocycles. The van der Waals surface area contributed by atoms with Crippen LogP contribution in [-0.2, 0) is 4.74 Å². The lowest BCUT2D eigenvalue weighted by molar-refractivity contribution is 0.219. The van der Waals surface area contributed by atoms with Crippen molar-refractivity contribution in [2.75, 3.05) is 33.1 Å². The van der Waals surface area contributed by atoms with Gasteiger partial charge in [0.15, 0.2) is 5.17 Å². The third-order valence-corrected chi connectivity index (χ3v) is 2.95. The van der Waals surface area contributed by atoms with Gasteiger partial charge >= 0.3 is 0 Å². The monoisotopic (exact) mass is 225 g/mol. The van der Waals surface area contributed by atoms with Crippen molar-refractivity contribution in [1.29, 1.82) is 5.26 Å². The van der Waals surface area contributed by atoms with Crippen molar-refractivity contribution in [1.82, 2.24) is 4.90 Å². The first-order valence-corrected chi connectivity index (χ1v) is 5.96. The van der Waals surface area contributed by atoms with E-state index in [0.717, 1.165) is 24.7 Å². The number of methoxy groups -OCH3 is 1. The summed E-state index contributed by atoms with van der Waals surface area (Å²) in [6.45, 7) is 2.44. The molecule has 1 rings (SSSR count). The van der Waals surface area contributed by atoms with Crippen molar-refractivity contribution < 1.29 is 4.74 Å². The molecule has 82 valence electrons. The van der Waals surface area contributed by atoms with Crippen LogP contribution in [0, 0.1) is 11.5 Å². The Morgan fingerprint density at radius 3 is 3.07 bits per heavy atom. The second-order valence-electron chi connectivity index (χ2n) is 3.19. The highest BCUT2D eigenvalue weighted by atomic mass is 32.2. The Labute approximate surface area is 94.6 Å². The molecule has 0 saturated carbocycles. The zero-order valence-corrected chi connectivity index (χ0v) is 9.88. The SMILES string of the molecule is COCC1=CCN(C(=NC#N)SC)CC1. The van der Waals surface area contributed by atoms with Gasteiger partial charge in [-0.25, -0.2) is 0 Å². The fraction of sp³-hybridized carbons (Fsp3) is 0.600. The summed E-state index contributed by atoms with van der Waals surface area (Å²) < 4.78 is 5.08. The Hall–Kier alpha value is -0.990. The molecule has 15 heavy (non-hydrogen) atoms. The average molecular weight is 225 g/mol. The predicted octanol–water partition coefficient (Wildman–Crippen LogP) is 1.46. The summed E-state index contributed by atoms with van der Waals surface area (Å²) in [5.41, 5.74) is 1.33. The van der Waals surface area contributed by atoms with Crippen LogP contribution in [0.1, 0.15) is 6.42 Å². The van der Waals surface area contributed by atoms with Gasteiger partial charge in [0.05, 0.1) is 6.61 Å². The summed E-state index contributed by atoms with van der Waals surface area (Å²) in [5, 5.41) is 9.32. The maximum atomic E-state index is 8.52. The van der Waals surface area contributed by atoms with E-state index < -0.39 is 0 Å². The minimum absolute atomic E-state index is 0.706. The van der Waals surface area contributed by atoms with Crippen LogP contribution in [0.3, 0.4) is 0 Å². The summed E-state index contributed by atoms with van der Waals surface area (Å²) in [6.07, 6.45) is 6.90. The molecule has 0 saturated heterocycles. The maximum Gasteiger partial charge on any atom is 0.208 e. The van der Waals surface area contributed by atoms with Crippen LogP contribution in [0.5, 0.6) is 0 Å². The molecule has 0 bridgehead atoms. The first-order valence-electron chi connectivity index (χ1n) is 4.74. The molecule has 0 aromatic rings. The van der Waals surface area contributed by atoms with Crippen molar-refractivity contribution >= 4 is 16.9 Å². The van der Waals surface area contributed by atoms with E-state index in [0.29, 0.717) is 6.61 Å². The quantitative estimate of drug-likeness (QED) is 0.309. The van der Waals surface area contributed by atoms with Crippen LogP contribution in [0.15, 0.2) is 16.6 Å². The third-order valence-electron chi connectivity index (χ3n) is 2.23. The largest absolute Gasteiger partial charge is 0.380 e. The highest BCUT2D eigenvalue weighted by Crippen LogP contribution is 2.14. The number of rotatable bonds is 2. The molecule has 0 unspecified atom stereocenters. The smallest absolute Gasteiger partial charge is 0.208 e. The van der Waals surface area contributed by atoms with Gasteiger partial charge in [-0.15, -0.1) is 4.99 Å². The lowest BCUT2D eigenvalue weighted by Crippen LogP contribution is -2.33. The highest BCUT2D eigenvalue weighted by molar-refractivity contribution is 8.13. The van der Waals surface area contributed by atoms with Crippen LogP contribution >= 0.6 is 11.8 Å². The molecule has 0 atom stereocenters. The van der Waals surface area contributed by atoms with E-state index in [1.807, 2.05) is 12.4 Å². The molecule has 0 aromatic carbocycles. The summed E-state index contributed by atoms with van der Waals surface area (Å²) in [7, 11) is 1.71. The summed E-state index contributed by atoms with van der Waals surface area (Å²) in [5.74, 6) is 0. The van der Waals surface area contributed by atoms with Gasteiger partial charge in [-0.1, -0.05) is 17.8 Å². The Morgan fingerprint density at radius 2 is 2.60 bits per heavy atom. The molecule has 0 N–H and O–H groups in total. The predicted molar refractivity (Wildman–Crippen MR) is 62.7 cm³/mol. The van der Waals surface area contributed by atoms with Gasteiger partial charge < -0.3 is 9.64 Å². The van der Waals surface area contributed by atoms with Crippen LogP contribution in [0.25, 0.3) is 0 Å². The molecule has 1 aliphatic rings. The Balaban J connectivity index is 2.56. The van der Waals surface area contributed by atoms with Gasteiger partial charge in [-0.2, -0.15) is 5.26 Å². The molecule has 0 aromatic heterocycles. The van der Waals surface area contributed by atoms with E-state index in [1.54, 1.807) is 7.11 Å². The number of hydrogen-bond acceptors (Lipinski definition) is 4. The Morgan fingerprint density at radius 1 is 1.80 bits per heavy atom. The first-order chi connectivity index (χ1) is 7.31. The number of ether oxygens (including phenoxy) is 1. The zero-order valence-electron chi connectivity index (χ0n) is 9.06. The molecule has 1 heterocycles. The van der Waals surface area contributed by atoms with Gasteiger partial charge in [0.2, 0.25) is 6.19 Å². The van der Waals surface area contributed by atoms with Crippen molar-refractivity contribution in [3.8, 4) is 6.19 Å². The third kappa shape index (κ3) is 3.57. The molecule has 4 nitrogen and oxygen atoms in total. The standard InChI is InChI=1S/C10H15N3OS/c1-14-7-9-3-5-13(6-4-9)10(15-2)12-8-11/h3H,4-7H2,1-2H3. The number of nitriles is 1. The second-order valence-corrected chi connectivity index (χ2v) is 3.96. The van der Waals surface area contributed by atoms with Gasteiger partial charge in [-0.05, 0) is 18.2 Å². The maximum absolute atomic E-state index is 8.52. The van der Waals surface area contributed by atoms with Crippen molar-refractivity contribution in [2.24, 2.45) is 4.99 Å². The van der Waals surface area contributed by atoms with Crippen molar-refractivity contribution in [3.05, 3.63) is 11.6 Å². The van der Waals surface area contributed by atoms with Gasteiger partial charge in [-0.3, -0.25) is 0 Å². The normalized spacial score (nSPS) is 17.3. The fourth-order valence-electron chi connectivity index (χ4n) is 1.49. The molecule has 5 heteroatoms. The van der Waals surface area contributed by atoms with Gasteiger partial charge in [0, 0.05) is 20.2 Å². The van der Waals surface area contributed by atoms with Crippen molar-refractivity contribution in [2.45, 2.75) is 6.42 Å². The molecule has 0 amide bonds. The number of hydrogen-bond donors (Lipinski definition) is 0. The molecular weight excluding hydrogens is 210 g/mol. The number of thioether (sulfide) groups is 1. The number of nitrogens with zero attached hydrogens (tertiary/aromatic N) is 3. The second kappa shape index (κ2) is 6.49. The van der Waals surface area contributed by atoms with E-state index in [4.69, 9.17) is 10.00 Å². The van der Waals surface area contributed by atoms with Gasteiger partial charge in [0.1, 0.15) is 0 Å². The minimum atomic E-state index is 0.706. The fourth-order valence-corrected chi connectivity index (χ4v) is 2.05. The molecule has 0 spiro atoms. The number of aliphatic imine (C=N–C) groups is 1. The lowest BCUT2D eigenvalue weighted by atomic mass is 10.1. The zero-order chi connectivity index (χ0) is 11.1. The summed E-state index contributed by atoms with van der Waals surface area (Å²) in [4.78, 5) is 5.89. The van der Waals surface area contributed by atoms with Crippen molar-refractivity contribution in [3.63, 3.8) is 0 Å². The highest BCUT2D eigenvalue weighted by Gasteiger charge is 2.14. The minimum Gasteiger partial charge on any atom is -0.380 e. The van der Waals surface area contributed by atoms with E-state index in [-0.39, 0.29) is 0 Å². The van der Waals surface area contributed by atoms with Gasteiger partial charge in [0.25, 0.3) is 0 Å². The topological polar surface area (TPSA) is 48.6 Å². The lowest BCUT2D eigenvalue weighted by Gasteiger charge is -2.27. The number of amidine groups is 1. The molecule has 0 radical (unpaired) electrons. The Kier molecular flexibility index (Phi) is 5.22. The van der Waals surface area contributed by atoms with E-state index >= 15 is 0 Å². The van der Waals surface area contributed by atoms with E-state index in [9.17, 15) is 0 Å². The molecular formula is C10H15N3OS. The van der Waals surface area contributed by atoms with E-state index in [1.165, 1.54) is 17.3 Å². The van der Waals surface area contributed by atoms with Crippen LogP contribution in [0.4, 0.5) is 0 Å². The Bertz CT molecular complexity index is 306. The molecule has 0 aliphatic carbocycles. The van der Waals surface area contributed by atoms with E-state index in [2.05, 4.69) is 16.0 Å². The van der Waals surface area contributed by atoms with Crippen LogP contribution < -0.4 is 0 Å². The summed E-state index contributed by atoms with van der Waals surface area (Å²) >= 11 is 1.51. The van der Waals surface area contributed by atoms with Crippen LogP contribution in [-0.4, -0.2) is 43.1 Å². The summed E-state index contributed by atoms with van der Waals surface area (Å²) in [6, 6.07) is 0.